The lowest BCUT2D eigenvalue weighted by Gasteiger charge is -2.41. The second-order valence-corrected chi connectivity index (χ2v) is 8.12. The molecule has 1 aromatic rings. The fourth-order valence-corrected chi connectivity index (χ4v) is 4.25. The number of aliphatic hydroxyl groups excluding tert-OH is 1. The Hall–Kier alpha value is -1.44. The minimum absolute atomic E-state index is 0.259. The Kier molecular flexibility index (Phi) is 4.58. The summed E-state index contributed by atoms with van der Waals surface area (Å²) in [5.41, 5.74) is 5.77. The first-order valence-corrected chi connectivity index (χ1v) is 8.38. The SMILES string of the molecule is CC(CO)C(=O)Nc1sc2c(c1C(N)=O)CC(C)(C)OC2(C)C. The minimum atomic E-state index is -0.572. The molecule has 1 aromatic heterocycles. The smallest absolute Gasteiger partial charge is 0.251 e. The standard InChI is InChI=1S/C16H24N2O4S/c1-8(7-19)13(21)18-14-10(12(17)20)9-6-15(2,3)22-16(4,5)11(9)23-14/h8,19H,6-7H2,1-5H3,(H2,17,20)(H,18,21). The van der Waals surface area contributed by atoms with Gasteiger partial charge in [-0.1, -0.05) is 6.92 Å². The number of fused-ring (bicyclic) bond motifs is 1. The third kappa shape index (κ3) is 3.41. The van der Waals surface area contributed by atoms with E-state index in [1.165, 1.54) is 11.3 Å². The normalized spacial score (nSPS) is 19.7. The number of primary amides is 1. The maximum Gasteiger partial charge on any atom is 0.251 e. The number of anilines is 1. The van der Waals surface area contributed by atoms with E-state index in [0.29, 0.717) is 17.0 Å². The molecule has 0 bridgehead atoms. The van der Waals surface area contributed by atoms with E-state index < -0.39 is 23.0 Å². The summed E-state index contributed by atoms with van der Waals surface area (Å²) in [5.74, 6) is -1.47. The van der Waals surface area contributed by atoms with Crippen molar-refractivity contribution in [3.8, 4) is 0 Å². The van der Waals surface area contributed by atoms with Crippen molar-refractivity contribution in [3.63, 3.8) is 0 Å². The van der Waals surface area contributed by atoms with Gasteiger partial charge in [-0.05, 0) is 33.3 Å². The van der Waals surface area contributed by atoms with Gasteiger partial charge in [-0.2, -0.15) is 0 Å². The van der Waals surface area contributed by atoms with Gasteiger partial charge in [0.05, 0.1) is 29.3 Å². The average molecular weight is 340 g/mol. The van der Waals surface area contributed by atoms with E-state index in [0.717, 1.165) is 10.4 Å². The molecule has 0 aliphatic carbocycles. The fraction of sp³-hybridized carbons (Fsp3) is 0.625. The predicted molar refractivity (Wildman–Crippen MR) is 89.6 cm³/mol. The molecule has 1 atom stereocenters. The molecule has 4 N–H and O–H groups in total. The lowest BCUT2D eigenvalue weighted by Crippen LogP contribution is -2.42. The molecule has 2 amide bonds. The summed E-state index contributed by atoms with van der Waals surface area (Å²) in [6.45, 7) is 9.16. The van der Waals surface area contributed by atoms with Crippen molar-refractivity contribution in [3.05, 3.63) is 16.0 Å². The number of hydrogen-bond donors (Lipinski definition) is 3. The molecular formula is C16H24N2O4S. The zero-order chi connectivity index (χ0) is 17.6. The number of hydrogen-bond acceptors (Lipinski definition) is 5. The third-order valence-electron chi connectivity index (χ3n) is 3.89. The first-order chi connectivity index (χ1) is 10.5. The van der Waals surface area contributed by atoms with Gasteiger partial charge in [0.2, 0.25) is 5.91 Å². The Morgan fingerprint density at radius 3 is 2.52 bits per heavy atom. The Balaban J connectivity index is 2.53. The number of nitrogens with two attached hydrogens (primary N) is 1. The summed E-state index contributed by atoms with van der Waals surface area (Å²) in [5, 5.41) is 12.3. The molecule has 6 nitrogen and oxygen atoms in total. The monoisotopic (exact) mass is 340 g/mol. The molecule has 0 saturated carbocycles. The van der Waals surface area contributed by atoms with E-state index in [9.17, 15) is 9.59 Å². The van der Waals surface area contributed by atoms with Gasteiger partial charge in [-0.25, -0.2) is 0 Å². The summed E-state index contributed by atoms with van der Waals surface area (Å²) in [6, 6.07) is 0. The number of carbonyl (C=O) groups is 2. The lowest BCUT2D eigenvalue weighted by atomic mass is 9.86. The number of rotatable bonds is 4. The molecule has 0 spiro atoms. The molecule has 7 heteroatoms. The van der Waals surface area contributed by atoms with E-state index in [4.69, 9.17) is 15.6 Å². The van der Waals surface area contributed by atoms with Crippen molar-refractivity contribution in [1.82, 2.24) is 0 Å². The Labute approximate surface area is 140 Å². The number of ether oxygens (including phenoxy) is 1. The van der Waals surface area contributed by atoms with Gasteiger partial charge in [0.15, 0.2) is 0 Å². The molecule has 128 valence electrons. The molecule has 1 aliphatic rings. The van der Waals surface area contributed by atoms with Crippen LogP contribution in [0.25, 0.3) is 0 Å². The van der Waals surface area contributed by atoms with Crippen LogP contribution in [0.1, 0.15) is 55.4 Å². The highest BCUT2D eigenvalue weighted by atomic mass is 32.1. The van der Waals surface area contributed by atoms with Crippen LogP contribution in [0.5, 0.6) is 0 Å². The summed E-state index contributed by atoms with van der Waals surface area (Å²) >= 11 is 1.31. The van der Waals surface area contributed by atoms with Crippen LogP contribution >= 0.6 is 11.3 Å². The van der Waals surface area contributed by atoms with Gasteiger partial charge >= 0.3 is 0 Å². The van der Waals surface area contributed by atoms with Crippen LogP contribution in [0.15, 0.2) is 0 Å². The fourth-order valence-electron chi connectivity index (χ4n) is 2.99. The van der Waals surface area contributed by atoms with Gasteiger partial charge in [-0.15, -0.1) is 11.3 Å². The van der Waals surface area contributed by atoms with Crippen molar-refractivity contribution in [2.75, 3.05) is 11.9 Å². The Morgan fingerprint density at radius 2 is 2.00 bits per heavy atom. The molecule has 2 rings (SSSR count). The maximum absolute atomic E-state index is 12.1. The third-order valence-corrected chi connectivity index (χ3v) is 5.34. The molecule has 0 saturated heterocycles. The van der Waals surface area contributed by atoms with Gasteiger partial charge in [0.1, 0.15) is 5.00 Å². The van der Waals surface area contributed by atoms with Crippen molar-refractivity contribution >= 4 is 28.2 Å². The average Bonchev–Trinajstić information content (AvgIpc) is 2.74. The van der Waals surface area contributed by atoms with Gasteiger partial charge < -0.3 is 20.9 Å². The molecule has 1 unspecified atom stereocenters. The molecular weight excluding hydrogens is 316 g/mol. The van der Waals surface area contributed by atoms with Crippen LogP contribution in [0.2, 0.25) is 0 Å². The quantitative estimate of drug-likeness (QED) is 0.780. The zero-order valence-corrected chi connectivity index (χ0v) is 15.0. The van der Waals surface area contributed by atoms with Crippen LogP contribution < -0.4 is 11.1 Å². The Bertz CT molecular complexity index is 649. The lowest BCUT2D eigenvalue weighted by molar-refractivity contribution is -0.135. The predicted octanol–water partition coefficient (Wildman–Crippen LogP) is 2.00. The number of amides is 2. The summed E-state index contributed by atoms with van der Waals surface area (Å²) < 4.78 is 6.11. The molecule has 23 heavy (non-hydrogen) atoms. The summed E-state index contributed by atoms with van der Waals surface area (Å²) in [7, 11) is 0. The van der Waals surface area contributed by atoms with Crippen LogP contribution in [0.4, 0.5) is 5.00 Å². The second kappa shape index (κ2) is 5.89. The van der Waals surface area contributed by atoms with E-state index in [-0.39, 0.29) is 12.5 Å². The van der Waals surface area contributed by atoms with E-state index in [1.807, 2.05) is 27.7 Å². The second-order valence-electron chi connectivity index (χ2n) is 7.10. The molecule has 0 aromatic carbocycles. The number of aliphatic hydroxyl groups is 1. The largest absolute Gasteiger partial charge is 0.396 e. The van der Waals surface area contributed by atoms with Crippen LogP contribution in [-0.2, 0) is 21.6 Å². The van der Waals surface area contributed by atoms with Gasteiger partial charge in [0, 0.05) is 11.3 Å². The van der Waals surface area contributed by atoms with Crippen molar-refractivity contribution in [1.29, 1.82) is 0 Å². The van der Waals surface area contributed by atoms with Gasteiger partial charge in [-0.3, -0.25) is 9.59 Å². The van der Waals surface area contributed by atoms with E-state index in [1.54, 1.807) is 6.92 Å². The zero-order valence-electron chi connectivity index (χ0n) is 14.1. The summed E-state index contributed by atoms with van der Waals surface area (Å²) in [4.78, 5) is 25.0. The van der Waals surface area contributed by atoms with Crippen LogP contribution in [0, 0.1) is 5.92 Å². The Morgan fingerprint density at radius 1 is 1.39 bits per heavy atom. The van der Waals surface area contributed by atoms with Crippen molar-refractivity contribution in [2.24, 2.45) is 11.7 Å². The van der Waals surface area contributed by atoms with Crippen molar-refractivity contribution < 1.29 is 19.4 Å². The highest BCUT2D eigenvalue weighted by Gasteiger charge is 2.42. The first kappa shape index (κ1) is 17.9. The van der Waals surface area contributed by atoms with Crippen LogP contribution in [-0.4, -0.2) is 29.1 Å². The molecule has 0 fully saturated rings. The maximum atomic E-state index is 12.1. The topological polar surface area (TPSA) is 102 Å². The highest BCUT2D eigenvalue weighted by Crippen LogP contribution is 2.48. The van der Waals surface area contributed by atoms with E-state index >= 15 is 0 Å². The minimum Gasteiger partial charge on any atom is -0.396 e. The molecule has 1 aliphatic heterocycles. The van der Waals surface area contributed by atoms with Crippen LogP contribution in [0.3, 0.4) is 0 Å². The molecule has 2 heterocycles. The van der Waals surface area contributed by atoms with Crippen molar-refractivity contribution in [2.45, 2.75) is 52.2 Å². The highest BCUT2D eigenvalue weighted by molar-refractivity contribution is 7.17. The summed E-state index contributed by atoms with van der Waals surface area (Å²) in [6.07, 6.45) is 0.548. The first-order valence-electron chi connectivity index (χ1n) is 7.56. The van der Waals surface area contributed by atoms with E-state index in [2.05, 4.69) is 5.32 Å². The number of carbonyl (C=O) groups excluding carboxylic acids is 2. The molecule has 0 radical (unpaired) electrons. The van der Waals surface area contributed by atoms with Gasteiger partial charge in [0.25, 0.3) is 5.91 Å². The number of thiophene rings is 1. The number of nitrogens with one attached hydrogen (secondary N) is 1.